The Labute approximate surface area is 137 Å². The van der Waals surface area contributed by atoms with Crippen LogP contribution in [0.25, 0.3) is 0 Å². The third-order valence-electron chi connectivity index (χ3n) is 2.84. The lowest BCUT2D eigenvalue weighted by molar-refractivity contribution is 0.476. The molecule has 0 aromatic heterocycles. The molecule has 2 aromatic carbocycles. The highest BCUT2D eigenvalue weighted by Crippen LogP contribution is 2.36. The molecular weight excluding hydrogens is 340 g/mol. The van der Waals surface area contributed by atoms with Crippen molar-refractivity contribution < 1.29 is 5.11 Å². The van der Waals surface area contributed by atoms with E-state index in [1.165, 1.54) is 0 Å². The van der Waals surface area contributed by atoms with Crippen LogP contribution in [0.1, 0.15) is 18.5 Å². The maximum atomic E-state index is 9.53. The van der Waals surface area contributed by atoms with Gasteiger partial charge in [0.1, 0.15) is 0 Å². The third-order valence-corrected chi connectivity index (χ3v) is 4.16. The van der Waals surface area contributed by atoms with Crippen LogP contribution in [0.2, 0.25) is 20.1 Å². The summed E-state index contributed by atoms with van der Waals surface area (Å²) < 4.78 is 0. The van der Waals surface area contributed by atoms with Crippen molar-refractivity contribution in [2.75, 3.05) is 5.32 Å². The second-order valence-corrected chi connectivity index (χ2v) is 5.96. The number of benzene rings is 2. The van der Waals surface area contributed by atoms with E-state index in [4.69, 9.17) is 46.4 Å². The average molecular weight is 351 g/mol. The van der Waals surface area contributed by atoms with Crippen LogP contribution in [-0.4, -0.2) is 5.11 Å². The Morgan fingerprint density at radius 3 is 2.05 bits per heavy atom. The van der Waals surface area contributed by atoms with Crippen molar-refractivity contribution in [2.24, 2.45) is 0 Å². The maximum absolute atomic E-state index is 9.53. The number of phenols is 1. The van der Waals surface area contributed by atoms with Crippen LogP contribution in [0.3, 0.4) is 0 Å². The van der Waals surface area contributed by atoms with Crippen LogP contribution in [0.15, 0.2) is 30.3 Å². The summed E-state index contributed by atoms with van der Waals surface area (Å²) in [6.45, 7) is 1.97. The number of rotatable bonds is 3. The molecule has 0 bridgehead atoms. The van der Waals surface area contributed by atoms with Gasteiger partial charge in [-0.3, -0.25) is 0 Å². The van der Waals surface area contributed by atoms with Crippen LogP contribution >= 0.6 is 46.4 Å². The van der Waals surface area contributed by atoms with Crippen LogP contribution in [0.4, 0.5) is 5.69 Å². The number of nitrogens with one attached hydrogen (secondary N) is 1. The first-order valence-corrected chi connectivity index (χ1v) is 7.29. The first-order chi connectivity index (χ1) is 9.38. The van der Waals surface area contributed by atoms with Crippen LogP contribution in [-0.2, 0) is 0 Å². The fourth-order valence-electron chi connectivity index (χ4n) is 1.76. The zero-order chi connectivity index (χ0) is 14.9. The molecule has 2 N–H and O–H groups in total. The minimum Gasteiger partial charge on any atom is -0.505 e. The molecule has 0 aliphatic rings. The van der Waals surface area contributed by atoms with Crippen LogP contribution in [0, 0.1) is 0 Å². The van der Waals surface area contributed by atoms with Gasteiger partial charge in [-0.2, -0.15) is 0 Å². The fraction of sp³-hybridized carbons (Fsp3) is 0.143. The first kappa shape index (κ1) is 15.6. The topological polar surface area (TPSA) is 32.3 Å². The largest absolute Gasteiger partial charge is 0.505 e. The molecule has 2 aromatic rings. The number of hydrogen-bond donors (Lipinski definition) is 2. The predicted molar refractivity (Wildman–Crippen MR) is 86.6 cm³/mol. The molecule has 0 aliphatic carbocycles. The molecule has 106 valence electrons. The molecule has 0 aliphatic heterocycles. The van der Waals surface area contributed by atoms with Gasteiger partial charge in [-0.25, -0.2) is 0 Å². The Kier molecular flexibility index (Phi) is 4.92. The normalized spacial score (nSPS) is 12.2. The quantitative estimate of drug-likeness (QED) is 0.648. The molecule has 1 atom stereocenters. The minimum absolute atomic E-state index is 0.0264. The van der Waals surface area contributed by atoms with Crippen molar-refractivity contribution in [3.63, 3.8) is 0 Å². The van der Waals surface area contributed by atoms with E-state index in [1.54, 1.807) is 24.3 Å². The Morgan fingerprint density at radius 2 is 1.50 bits per heavy atom. The van der Waals surface area contributed by atoms with E-state index < -0.39 is 0 Å². The standard InChI is InChI=1S/C14H11Cl4NO/c1-7(8-2-3-10(15)11(16)4-8)19-9-5-12(17)14(20)13(18)6-9/h2-7,19-20H,1H3. The SMILES string of the molecule is CC(Nc1cc(Cl)c(O)c(Cl)c1)c1ccc(Cl)c(Cl)c1. The van der Waals surface area contributed by atoms with Gasteiger partial charge in [0, 0.05) is 11.7 Å². The number of phenolic OH excluding ortho intramolecular Hbond substituents is 1. The highest BCUT2D eigenvalue weighted by atomic mass is 35.5. The molecule has 6 heteroatoms. The second kappa shape index (κ2) is 6.31. The highest BCUT2D eigenvalue weighted by molar-refractivity contribution is 6.42. The highest BCUT2D eigenvalue weighted by Gasteiger charge is 2.11. The molecule has 0 saturated carbocycles. The van der Waals surface area contributed by atoms with E-state index in [0.717, 1.165) is 5.56 Å². The van der Waals surface area contributed by atoms with Crippen LogP contribution < -0.4 is 5.32 Å². The van der Waals surface area contributed by atoms with E-state index >= 15 is 0 Å². The summed E-state index contributed by atoms with van der Waals surface area (Å²) in [5, 5.41) is 14.2. The van der Waals surface area contributed by atoms with Crippen molar-refractivity contribution in [3.8, 4) is 5.75 Å². The Balaban J connectivity index is 2.23. The van der Waals surface area contributed by atoms with Gasteiger partial charge in [-0.1, -0.05) is 52.5 Å². The van der Waals surface area contributed by atoms with Gasteiger partial charge < -0.3 is 10.4 Å². The number of hydrogen-bond acceptors (Lipinski definition) is 2. The summed E-state index contributed by atoms with van der Waals surface area (Å²) in [5.41, 5.74) is 1.68. The van der Waals surface area contributed by atoms with Crippen LogP contribution in [0.5, 0.6) is 5.75 Å². The smallest absolute Gasteiger partial charge is 0.152 e. The molecule has 0 saturated heterocycles. The summed E-state index contributed by atoms with van der Waals surface area (Å²) in [5.74, 6) is -0.124. The zero-order valence-electron chi connectivity index (χ0n) is 10.4. The zero-order valence-corrected chi connectivity index (χ0v) is 13.4. The van der Waals surface area contributed by atoms with Gasteiger partial charge in [-0.15, -0.1) is 0 Å². The fourth-order valence-corrected chi connectivity index (χ4v) is 2.56. The molecule has 0 radical (unpaired) electrons. The second-order valence-electron chi connectivity index (χ2n) is 4.33. The first-order valence-electron chi connectivity index (χ1n) is 5.78. The molecule has 0 amide bonds. The lowest BCUT2D eigenvalue weighted by Crippen LogP contribution is -2.06. The number of aromatic hydroxyl groups is 1. The van der Waals surface area contributed by atoms with Gasteiger partial charge in [0.25, 0.3) is 0 Å². The van der Waals surface area contributed by atoms with Crippen molar-refractivity contribution in [2.45, 2.75) is 13.0 Å². The van der Waals surface area contributed by atoms with Gasteiger partial charge in [0.2, 0.25) is 0 Å². The monoisotopic (exact) mass is 349 g/mol. The molecule has 0 heterocycles. The third kappa shape index (κ3) is 3.44. The number of halogens is 4. The summed E-state index contributed by atoms with van der Waals surface area (Å²) in [7, 11) is 0. The summed E-state index contributed by atoms with van der Waals surface area (Å²) in [6, 6.07) is 8.61. The van der Waals surface area contributed by atoms with E-state index in [0.29, 0.717) is 15.7 Å². The summed E-state index contributed by atoms with van der Waals surface area (Å²) >= 11 is 23.6. The lowest BCUT2D eigenvalue weighted by atomic mass is 10.1. The van der Waals surface area contributed by atoms with Crippen molar-refractivity contribution in [1.82, 2.24) is 0 Å². The predicted octanol–water partition coefficient (Wildman–Crippen LogP) is 6.18. The van der Waals surface area contributed by atoms with E-state index in [9.17, 15) is 5.11 Å². The van der Waals surface area contributed by atoms with Crippen molar-refractivity contribution in [1.29, 1.82) is 0 Å². The Bertz CT molecular complexity index is 622. The van der Waals surface area contributed by atoms with Crippen molar-refractivity contribution in [3.05, 3.63) is 56.0 Å². The van der Waals surface area contributed by atoms with E-state index in [1.807, 2.05) is 13.0 Å². The molecule has 2 nitrogen and oxygen atoms in total. The number of anilines is 1. The molecule has 0 spiro atoms. The molecular formula is C14H11Cl4NO. The average Bonchev–Trinajstić information content (AvgIpc) is 2.39. The molecule has 2 rings (SSSR count). The summed E-state index contributed by atoms with van der Waals surface area (Å²) in [6.07, 6.45) is 0. The molecule has 20 heavy (non-hydrogen) atoms. The van der Waals surface area contributed by atoms with E-state index in [2.05, 4.69) is 5.32 Å². The lowest BCUT2D eigenvalue weighted by Gasteiger charge is -2.17. The van der Waals surface area contributed by atoms with Gasteiger partial charge in [0.05, 0.1) is 20.1 Å². The summed E-state index contributed by atoms with van der Waals surface area (Å²) in [4.78, 5) is 0. The van der Waals surface area contributed by atoms with Gasteiger partial charge >= 0.3 is 0 Å². The molecule has 1 unspecified atom stereocenters. The maximum Gasteiger partial charge on any atom is 0.152 e. The van der Waals surface area contributed by atoms with E-state index in [-0.39, 0.29) is 21.8 Å². The Hall–Kier alpha value is -0.800. The minimum atomic E-state index is -0.124. The van der Waals surface area contributed by atoms with Gasteiger partial charge in [-0.05, 0) is 36.8 Å². The van der Waals surface area contributed by atoms with Crippen molar-refractivity contribution >= 4 is 52.1 Å². The Morgan fingerprint density at radius 1 is 0.900 bits per heavy atom. The molecule has 0 fully saturated rings. The van der Waals surface area contributed by atoms with Gasteiger partial charge in [0.15, 0.2) is 5.75 Å².